The highest BCUT2D eigenvalue weighted by Gasteiger charge is 2.59. The molecule has 1 saturated carbocycles. The number of rotatable bonds is 4. The minimum atomic E-state index is -1.58. The van der Waals surface area contributed by atoms with Gasteiger partial charge in [-0.1, -0.05) is 37.9 Å². The van der Waals surface area contributed by atoms with Crippen molar-refractivity contribution < 1.29 is 23.1 Å². The number of hydrogen-bond donors (Lipinski definition) is 1. The zero-order chi connectivity index (χ0) is 27.3. The van der Waals surface area contributed by atoms with Crippen LogP contribution >= 0.6 is 13.5 Å². The maximum absolute atomic E-state index is 14.5. The van der Waals surface area contributed by atoms with Crippen molar-refractivity contribution in [1.29, 1.82) is 0 Å². The van der Waals surface area contributed by atoms with Crippen molar-refractivity contribution in [2.75, 3.05) is 4.90 Å². The van der Waals surface area contributed by atoms with E-state index < -0.39 is 38.9 Å². The third-order valence-corrected chi connectivity index (χ3v) is 8.75. The van der Waals surface area contributed by atoms with Crippen LogP contribution in [0.2, 0.25) is 0 Å². The van der Waals surface area contributed by atoms with Crippen molar-refractivity contribution >= 4 is 42.2 Å². The molecule has 4 rings (SSSR count). The summed E-state index contributed by atoms with van der Waals surface area (Å²) in [5.74, 6) is 0.101. The molecule has 1 aromatic carbocycles. The average Bonchev–Trinajstić information content (AvgIpc) is 3.26. The summed E-state index contributed by atoms with van der Waals surface area (Å²) in [6.45, 7) is 14.7. The van der Waals surface area contributed by atoms with Crippen molar-refractivity contribution in [3.63, 3.8) is 0 Å². The Balaban J connectivity index is 0.00000267. The van der Waals surface area contributed by atoms with Gasteiger partial charge in [-0.25, -0.2) is 18.6 Å². The number of carbonyl (C=O) groups excluding carboxylic acids is 2. The molecule has 1 unspecified atom stereocenters. The molecule has 2 atom stereocenters. The van der Waals surface area contributed by atoms with E-state index in [4.69, 9.17) is 9.26 Å². The number of anilines is 1. The number of nitrogens with zero attached hydrogens (tertiary/aromatic N) is 2. The van der Waals surface area contributed by atoms with Gasteiger partial charge in [0.15, 0.2) is 0 Å². The molecule has 8 nitrogen and oxygen atoms in total. The summed E-state index contributed by atoms with van der Waals surface area (Å²) in [6.07, 6.45) is 3.87. The van der Waals surface area contributed by atoms with Crippen LogP contribution in [-0.2, 0) is 26.1 Å². The molecule has 2 amide bonds. The third kappa shape index (κ3) is 6.12. The second kappa shape index (κ2) is 11.7. The van der Waals surface area contributed by atoms with Gasteiger partial charge in [0.05, 0.1) is 27.1 Å². The summed E-state index contributed by atoms with van der Waals surface area (Å²) in [7, 11) is -1.58. The normalized spacial score (nSPS) is 20.6. The summed E-state index contributed by atoms with van der Waals surface area (Å²) in [4.78, 5) is 29.1. The Morgan fingerprint density at radius 1 is 1.13 bits per heavy atom. The summed E-state index contributed by atoms with van der Waals surface area (Å²) in [6, 6.07) is 5.59. The quantitative estimate of drug-likeness (QED) is 0.427. The predicted molar refractivity (Wildman–Crippen MR) is 162 cm³/mol. The number of ether oxygens (including phenoxy) is 1. The third-order valence-electron chi connectivity index (χ3n) is 7.13. The molecule has 2 aliphatic rings. The van der Waals surface area contributed by atoms with Crippen LogP contribution in [0.1, 0.15) is 98.1 Å². The molecule has 218 valence electrons. The smallest absolute Gasteiger partial charge is 0.421 e. The Bertz CT molecular complexity index is 1220. The van der Waals surface area contributed by atoms with Crippen LogP contribution in [0.15, 0.2) is 22.7 Å². The van der Waals surface area contributed by atoms with Crippen molar-refractivity contribution in [1.82, 2.24) is 9.88 Å². The van der Waals surface area contributed by atoms with Crippen LogP contribution in [0, 0.1) is 19.8 Å². The van der Waals surface area contributed by atoms with Crippen LogP contribution in [0.3, 0.4) is 0 Å². The SMILES string of the molecule is C.Cc1noc(C)c1-c1ccc2c(c1)C(N[S@@](=O)C(C)(C)C)(C1CCCCC1)C(=O)N2C(=O)OC(C)(C)C.S. The van der Waals surface area contributed by atoms with E-state index in [1.165, 1.54) is 0 Å². The van der Waals surface area contributed by atoms with Gasteiger partial charge < -0.3 is 9.26 Å². The van der Waals surface area contributed by atoms with Gasteiger partial charge in [-0.3, -0.25) is 4.79 Å². The van der Waals surface area contributed by atoms with Crippen molar-refractivity contribution in [2.45, 2.75) is 111 Å². The highest BCUT2D eigenvalue weighted by molar-refractivity contribution is 7.84. The molecule has 2 aromatic rings. The second-order valence-electron chi connectivity index (χ2n) is 12.2. The molecule has 0 radical (unpaired) electrons. The van der Waals surface area contributed by atoms with Gasteiger partial charge in [-0.2, -0.15) is 13.5 Å². The number of aryl methyl sites for hydroxylation is 2. The number of aromatic nitrogens is 1. The zero-order valence-electron chi connectivity index (χ0n) is 23.7. The van der Waals surface area contributed by atoms with E-state index in [-0.39, 0.29) is 26.8 Å². The molecule has 1 aromatic heterocycles. The second-order valence-corrected chi connectivity index (χ2v) is 14.1. The number of amides is 2. The molecule has 0 bridgehead atoms. The van der Waals surface area contributed by atoms with Gasteiger partial charge in [-0.15, -0.1) is 0 Å². The lowest BCUT2D eigenvalue weighted by Crippen LogP contribution is -2.59. The Kier molecular flexibility index (Phi) is 9.95. The molecular formula is C29H45N3O5S2. The van der Waals surface area contributed by atoms with Gasteiger partial charge in [0.1, 0.15) is 16.9 Å². The minimum absolute atomic E-state index is 0. The fraction of sp³-hybridized carbons (Fsp3) is 0.621. The Morgan fingerprint density at radius 3 is 2.26 bits per heavy atom. The lowest BCUT2D eigenvalue weighted by atomic mass is 9.71. The number of benzene rings is 1. The molecule has 0 saturated heterocycles. The number of imide groups is 1. The van der Waals surface area contributed by atoms with E-state index >= 15 is 0 Å². The van der Waals surface area contributed by atoms with Gasteiger partial charge in [0, 0.05) is 11.1 Å². The highest BCUT2D eigenvalue weighted by Crippen LogP contribution is 2.51. The molecular weight excluding hydrogens is 534 g/mol. The monoisotopic (exact) mass is 579 g/mol. The van der Waals surface area contributed by atoms with Gasteiger partial charge in [0.25, 0.3) is 5.91 Å². The standard InChI is InChI=1S/C28H39N3O5S.CH4.H2S/c1-17-23(18(2)36-29-17)19-14-15-22-21(16-19)28(20-12-10-9-11-13-20,30-37(34)27(6,7)8)24(32)31(22)25(33)35-26(3,4)5;;/h14-16,20,30H,9-13H2,1-8H3;1H4;1H2/t28?,37-;;/m0../s1. The van der Waals surface area contributed by atoms with Crippen LogP contribution in [-0.4, -0.2) is 31.7 Å². The fourth-order valence-corrected chi connectivity index (χ4v) is 6.36. The van der Waals surface area contributed by atoms with Crippen molar-refractivity contribution in [3.05, 3.63) is 35.2 Å². The van der Waals surface area contributed by atoms with Gasteiger partial charge in [-0.05, 0) is 91.8 Å². The molecule has 1 aliphatic heterocycles. The summed E-state index contributed by atoms with van der Waals surface area (Å²) < 4.78 is 27.4. The van der Waals surface area contributed by atoms with Crippen LogP contribution in [0.5, 0.6) is 0 Å². The first-order valence-electron chi connectivity index (χ1n) is 13.0. The fourth-order valence-electron chi connectivity index (χ4n) is 5.40. The van der Waals surface area contributed by atoms with Crippen LogP contribution in [0.25, 0.3) is 11.1 Å². The van der Waals surface area contributed by atoms with E-state index in [0.717, 1.165) is 53.8 Å². The molecule has 0 spiro atoms. The van der Waals surface area contributed by atoms with Gasteiger partial charge >= 0.3 is 6.09 Å². The predicted octanol–water partition coefficient (Wildman–Crippen LogP) is 6.82. The number of nitrogens with one attached hydrogen (secondary N) is 1. The molecule has 2 heterocycles. The molecule has 1 fully saturated rings. The maximum atomic E-state index is 14.5. The molecule has 1 aliphatic carbocycles. The molecule has 10 heteroatoms. The highest BCUT2D eigenvalue weighted by atomic mass is 32.2. The topological polar surface area (TPSA) is 102 Å². The first-order valence-corrected chi connectivity index (χ1v) is 14.2. The zero-order valence-corrected chi connectivity index (χ0v) is 25.5. The minimum Gasteiger partial charge on any atom is -0.443 e. The number of carbonyl (C=O) groups is 2. The Morgan fingerprint density at radius 2 is 1.74 bits per heavy atom. The largest absolute Gasteiger partial charge is 0.443 e. The van der Waals surface area contributed by atoms with Crippen LogP contribution < -0.4 is 9.62 Å². The van der Waals surface area contributed by atoms with Crippen LogP contribution in [0.4, 0.5) is 10.5 Å². The first kappa shape index (κ1) is 33.0. The van der Waals surface area contributed by atoms with Crippen molar-refractivity contribution in [2.24, 2.45) is 5.92 Å². The van der Waals surface area contributed by atoms with E-state index in [9.17, 15) is 13.8 Å². The summed E-state index contributed by atoms with van der Waals surface area (Å²) >= 11 is 0. The number of hydrogen-bond acceptors (Lipinski definition) is 6. The van der Waals surface area contributed by atoms with E-state index in [0.29, 0.717) is 17.0 Å². The maximum Gasteiger partial charge on any atom is 0.421 e. The molecule has 1 N–H and O–H groups in total. The number of fused-ring (bicyclic) bond motifs is 1. The Hall–Kier alpha value is -2.17. The average molecular weight is 580 g/mol. The lowest BCUT2D eigenvalue weighted by molar-refractivity contribution is -0.126. The first-order chi connectivity index (χ1) is 17.2. The van der Waals surface area contributed by atoms with Gasteiger partial charge in [0.2, 0.25) is 0 Å². The Labute approximate surface area is 242 Å². The van der Waals surface area contributed by atoms with Crippen molar-refractivity contribution in [3.8, 4) is 11.1 Å². The van der Waals surface area contributed by atoms with E-state index in [1.807, 2.05) is 46.8 Å². The molecule has 39 heavy (non-hydrogen) atoms. The van der Waals surface area contributed by atoms with E-state index in [2.05, 4.69) is 9.88 Å². The summed E-state index contributed by atoms with van der Waals surface area (Å²) in [5.41, 5.74) is 1.40. The lowest BCUT2D eigenvalue weighted by Gasteiger charge is -2.40. The van der Waals surface area contributed by atoms with E-state index in [1.54, 1.807) is 26.8 Å². The summed E-state index contributed by atoms with van der Waals surface area (Å²) in [5, 5.41) is 4.10.